The predicted octanol–water partition coefficient (Wildman–Crippen LogP) is 1.40. The molecule has 1 amide bonds. The monoisotopic (exact) mass is 245 g/mol. The molecule has 4 nitrogen and oxygen atoms in total. The number of benzene rings is 1. The van der Waals surface area contributed by atoms with Crippen LogP contribution in [0.4, 0.5) is 0 Å². The Balaban J connectivity index is 1.91. The lowest BCUT2D eigenvalue weighted by Crippen LogP contribution is -2.37. The van der Waals surface area contributed by atoms with Crippen molar-refractivity contribution in [2.24, 2.45) is 10.7 Å². The maximum absolute atomic E-state index is 11.9. The minimum Gasteiger partial charge on any atom is -0.383 e. The van der Waals surface area contributed by atoms with Crippen molar-refractivity contribution in [2.45, 2.75) is 19.3 Å². The summed E-state index contributed by atoms with van der Waals surface area (Å²) in [4.78, 5) is 18.0. The second-order valence-corrected chi connectivity index (χ2v) is 4.51. The van der Waals surface area contributed by atoms with Crippen molar-refractivity contribution in [3.63, 3.8) is 0 Å². The van der Waals surface area contributed by atoms with E-state index in [2.05, 4.69) is 4.99 Å². The fourth-order valence-electron chi connectivity index (χ4n) is 2.10. The summed E-state index contributed by atoms with van der Waals surface area (Å²) < 4.78 is 0. The van der Waals surface area contributed by atoms with Gasteiger partial charge in [0.25, 0.3) is 0 Å². The lowest BCUT2D eigenvalue weighted by molar-refractivity contribution is -0.130. The summed E-state index contributed by atoms with van der Waals surface area (Å²) in [6.07, 6.45) is 3.42. The number of nitrogens with zero attached hydrogens (tertiary/aromatic N) is 2. The largest absolute Gasteiger partial charge is 0.383 e. The minimum absolute atomic E-state index is 0.0774. The normalized spacial score (nSPS) is 16.7. The Kier molecular flexibility index (Phi) is 4.34. The van der Waals surface area contributed by atoms with Gasteiger partial charge in [-0.3, -0.25) is 9.79 Å². The second kappa shape index (κ2) is 6.19. The third kappa shape index (κ3) is 3.32. The SMILES string of the molecule is NC(=NCC(=O)N1CCCCC1)c1ccccc1. The highest BCUT2D eigenvalue weighted by atomic mass is 16.2. The van der Waals surface area contributed by atoms with Crippen LogP contribution in [-0.4, -0.2) is 36.3 Å². The Morgan fingerprint density at radius 1 is 1.17 bits per heavy atom. The van der Waals surface area contributed by atoms with Gasteiger partial charge in [0.2, 0.25) is 5.91 Å². The van der Waals surface area contributed by atoms with Crippen LogP contribution in [0.1, 0.15) is 24.8 Å². The van der Waals surface area contributed by atoms with Crippen LogP contribution in [0.25, 0.3) is 0 Å². The molecule has 0 saturated carbocycles. The minimum atomic E-state index is 0.0774. The first-order chi connectivity index (χ1) is 8.77. The van der Waals surface area contributed by atoms with Gasteiger partial charge in [0, 0.05) is 18.7 Å². The molecule has 1 aromatic carbocycles. The highest BCUT2D eigenvalue weighted by Gasteiger charge is 2.15. The zero-order valence-corrected chi connectivity index (χ0v) is 10.5. The zero-order chi connectivity index (χ0) is 12.8. The summed E-state index contributed by atoms with van der Waals surface area (Å²) in [5, 5.41) is 0. The highest BCUT2D eigenvalue weighted by molar-refractivity contribution is 5.98. The summed E-state index contributed by atoms with van der Waals surface area (Å²) in [6, 6.07) is 9.53. The highest BCUT2D eigenvalue weighted by Crippen LogP contribution is 2.08. The molecule has 2 rings (SSSR count). The smallest absolute Gasteiger partial charge is 0.244 e. The van der Waals surface area contributed by atoms with Gasteiger partial charge in [0.1, 0.15) is 12.4 Å². The molecule has 0 aromatic heterocycles. The van der Waals surface area contributed by atoms with E-state index in [1.165, 1.54) is 6.42 Å². The lowest BCUT2D eigenvalue weighted by atomic mass is 10.1. The number of carbonyl (C=O) groups excluding carboxylic acids is 1. The molecule has 1 heterocycles. The van der Waals surface area contributed by atoms with Gasteiger partial charge in [-0.05, 0) is 19.3 Å². The van der Waals surface area contributed by atoms with Crippen molar-refractivity contribution in [3.8, 4) is 0 Å². The third-order valence-electron chi connectivity index (χ3n) is 3.16. The molecule has 0 bridgehead atoms. The van der Waals surface area contributed by atoms with Crippen LogP contribution in [0.3, 0.4) is 0 Å². The molecule has 0 spiro atoms. The molecule has 18 heavy (non-hydrogen) atoms. The van der Waals surface area contributed by atoms with Gasteiger partial charge in [-0.15, -0.1) is 0 Å². The van der Waals surface area contributed by atoms with Gasteiger partial charge in [0.15, 0.2) is 0 Å². The van der Waals surface area contributed by atoms with E-state index in [-0.39, 0.29) is 12.5 Å². The topological polar surface area (TPSA) is 58.7 Å². The molecule has 2 N–H and O–H groups in total. The third-order valence-corrected chi connectivity index (χ3v) is 3.16. The number of aliphatic imine (C=N–C) groups is 1. The first-order valence-electron chi connectivity index (χ1n) is 6.40. The van der Waals surface area contributed by atoms with Crippen molar-refractivity contribution in [3.05, 3.63) is 35.9 Å². The average Bonchev–Trinajstić information content (AvgIpc) is 2.46. The van der Waals surface area contributed by atoms with Gasteiger partial charge in [-0.2, -0.15) is 0 Å². The van der Waals surface area contributed by atoms with Crippen LogP contribution in [0, 0.1) is 0 Å². The molecular weight excluding hydrogens is 226 g/mol. The number of amidine groups is 1. The van der Waals surface area contributed by atoms with Crippen molar-refractivity contribution < 1.29 is 4.79 Å². The number of likely N-dealkylation sites (tertiary alicyclic amines) is 1. The quantitative estimate of drug-likeness (QED) is 0.646. The maximum atomic E-state index is 11.9. The van der Waals surface area contributed by atoms with E-state index >= 15 is 0 Å². The number of carbonyl (C=O) groups is 1. The second-order valence-electron chi connectivity index (χ2n) is 4.51. The molecule has 1 fully saturated rings. The van der Waals surface area contributed by atoms with Gasteiger partial charge >= 0.3 is 0 Å². The Morgan fingerprint density at radius 2 is 1.83 bits per heavy atom. The van der Waals surface area contributed by atoms with Crippen molar-refractivity contribution >= 4 is 11.7 Å². The number of hydrogen-bond acceptors (Lipinski definition) is 2. The number of nitrogens with two attached hydrogens (primary N) is 1. The Hall–Kier alpha value is -1.84. The van der Waals surface area contributed by atoms with Crippen LogP contribution in [0.5, 0.6) is 0 Å². The van der Waals surface area contributed by atoms with Gasteiger partial charge in [0.05, 0.1) is 0 Å². The summed E-state index contributed by atoms with van der Waals surface area (Å²) in [5.41, 5.74) is 6.72. The first-order valence-corrected chi connectivity index (χ1v) is 6.40. The van der Waals surface area contributed by atoms with E-state index in [4.69, 9.17) is 5.73 Å². The standard InChI is InChI=1S/C14H19N3O/c15-14(12-7-3-1-4-8-12)16-11-13(18)17-9-5-2-6-10-17/h1,3-4,7-8H,2,5-6,9-11H2,(H2,15,16). The fourth-order valence-corrected chi connectivity index (χ4v) is 2.10. The molecule has 0 aliphatic carbocycles. The van der Waals surface area contributed by atoms with E-state index in [1.54, 1.807) is 0 Å². The molecule has 96 valence electrons. The number of hydrogen-bond donors (Lipinski definition) is 1. The van der Waals surface area contributed by atoms with Crippen molar-refractivity contribution in [1.82, 2.24) is 4.90 Å². The van der Waals surface area contributed by atoms with E-state index in [0.29, 0.717) is 5.84 Å². The van der Waals surface area contributed by atoms with Gasteiger partial charge in [-0.25, -0.2) is 0 Å². The van der Waals surface area contributed by atoms with E-state index in [0.717, 1.165) is 31.5 Å². The first kappa shape index (κ1) is 12.6. The molecule has 1 aliphatic rings. The number of amides is 1. The van der Waals surface area contributed by atoms with Crippen LogP contribution in [0.15, 0.2) is 35.3 Å². The Bertz CT molecular complexity index is 422. The molecule has 4 heteroatoms. The van der Waals surface area contributed by atoms with Crippen LogP contribution in [0.2, 0.25) is 0 Å². The van der Waals surface area contributed by atoms with Gasteiger partial charge in [-0.1, -0.05) is 30.3 Å². The summed E-state index contributed by atoms with van der Waals surface area (Å²) in [6.45, 7) is 1.87. The zero-order valence-electron chi connectivity index (χ0n) is 10.5. The molecule has 1 aliphatic heterocycles. The lowest BCUT2D eigenvalue weighted by Gasteiger charge is -2.26. The van der Waals surface area contributed by atoms with E-state index < -0.39 is 0 Å². The van der Waals surface area contributed by atoms with Crippen LogP contribution >= 0.6 is 0 Å². The van der Waals surface area contributed by atoms with E-state index in [9.17, 15) is 4.79 Å². The van der Waals surface area contributed by atoms with Crippen LogP contribution in [-0.2, 0) is 4.79 Å². The molecule has 1 aromatic rings. The Morgan fingerprint density at radius 3 is 2.50 bits per heavy atom. The molecule has 1 saturated heterocycles. The molecule has 0 radical (unpaired) electrons. The summed E-state index contributed by atoms with van der Waals surface area (Å²) >= 11 is 0. The number of piperidine rings is 1. The summed E-state index contributed by atoms with van der Waals surface area (Å²) in [5.74, 6) is 0.509. The van der Waals surface area contributed by atoms with Gasteiger partial charge < -0.3 is 10.6 Å². The average molecular weight is 245 g/mol. The number of rotatable bonds is 3. The molecular formula is C14H19N3O. The van der Waals surface area contributed by atoms with E-state index in [1.807, 2.05) is 35.2 Å². The predicted molar refractivity (Wildman–Crippen MR) is 72.5 cm³/mol. The van der Waals surface area contributed by atoms with Crippen molar-refractivity contribution in [2.75, 3.05) is 19.6 Å². The van der Waals surface area contributed by atoms with Crippen LogP contribution < -0.4 is 5.73 Å². The maximum Gasteiger partial charge on any atom is 0.244 e. The van der Waals surface area contributed by atoms with Crippen molar-refractivity contribution in [1.29, 1.82) is 0 Å². The summed E-state index contributed by atoms with van der Waals surface area (Å²) in [7, 11) is 0. The fraction of sp³-hybridized carbons (Fsp3) is 0.429. The molecule has 0 atom stereocenters. The Labute approximate surface area is 108 Å². The molecule has 0 unspecified atom stereocenters.